The van der Waals surface area contributed by atoms with Gasteiger partial charge < -0.3 is 9.84 Å². The van der Waals surface area contributed by atoms with Gasteiger partial charge in [-0.1, -0.05) is 35.3 Å². The Morgan fingerprint density at radius 1 is 1.08 bits per heavy atom. The number of nitrogens with zero attached hydrogens (tertiary/aromatic N) is 6. The number of carbonyl (C=O) groups is 1. The third-order valence-electron chi connectivity index (χ3n) is 5.24. The number of esters is 1. The van der Waals surface area contributed by atoms with Crippen molar-refractivity contribution in [2.75, 3.05) is 6.61 Å². The summed E-state index contributed by atoms with van der Waals surface area (Å²) >= 11 is 12.1. The van der Waals surface area contributed by atoms with Gasteiger partial charge in [0.05, 0.1) is 17.3 Å². The Labute approximate surface area is 222 Å². The smallest absolute Gasteiger partial charge is 0.376 e. The first kappa shape index (κ1) is 27.4. The number of hydrogen-bond acceptors (Lipinski definition) is 7. The monoisotopic (exact) mass is 570 g/mol. The van der Waals surface area contributed by atoms with Crippen molar-refractivity contribution in [1.82, 2.24) is 29.1 Å². The molecule has 2 aromatic carbocycles. The lowest BCUT2D eigenvalue weighted by atomic mass is 10.2. The van der Waals surface area contributed by atoms with E-state index in [0.29, 0.717) is 15.3 Å². The zero-order chi connectivity index (χ0) is 27.6. The van der Waals surface area contributed by atoms with Gasteiger partial charge in [-0.25, -0.2) is 41.7 Å². The second kappa shape index (κ2) is 11.4. The summed E-state index contributed by atoms with van der Waals surface area (Å²) in [6, 6.07) is 12.1. The maximum atomic E-state index is 15.0. The van der Waals surface area contributed by atoms with E-state index in [9.17, 15) is 27.9 Å². The summed E-state index contributed by atoms with van der Waals surface area (Å²) < 4.78 is 48.3. The van der Waals surface area contributed by atoms with Gasteiger partial charge in [-0.05, 0) is 43.3 Å². The number of ether oxygens (including phenoxy) is 1. The Kier molecular flexibility index (Phi) is 8.19. The van der Waals surface area contributed by atoms with Gasteiger partial charge in [-0.15, -0.1) is 10.2 Å². The molecule has 200 valence electrons. The number of benzene rings is 2. The van der Waals surface area contributed by atoms with Crippen LogP contribution in [0.25, 0.3) is 17.1 Å². The molecule has 0 aliphatic heterocycles. The van der Waals surface area contributed by atoms with E-state index in [1.54, 1.807) is 31.2 Å². The summed E-state index contributed by atoms with van der Waals surface area (Å²) in [4.78, 5) is 29.8. The molecule has 2 aromatic heterocycles. The second-order valence-corrected chi connectivity index (χ2v) is 8.62. The lowest BCUT2D eigenvalue weighted by molar-refractivity contribution is -0.0723. The molecule has 38 heavy (non-hydrogen) atoms. The van der Waals surface area contributed by atoms with Gasteiger partial charge >= 0.3 is 11.7 Å². The highest BCUT2D eigenvalue weighted by atomic mass is 35.5. The topological polar surface area (TPSA) is 117 Å². The van der Waals surface area contributed by atoms with Gasteiger partial charge in [-0.2, -0.15) is 0 Å². The summed E-state index contributed by atoms with van der Waals surface area (Å²) in [6.45, 7) is 1.15. The summed E-state index contributed by atoms with van der Waals surface area (Å²) in [7, 11) is 0. The van der Waals surface area contributed by atoms with E-state index in [-0.39, 0.29) is 34.7 Å². The predicted molar refractivity (Wildman–Crippen MR) is 131 cm³/mol. The summed E-state index contributed by atoms with van der Waals surface area (Å²) in [5.74, 6) is -1.55. The predicted octanol–water partition coefficient (Wildman–Crippen LogP) is 3.92. The normalized spacial score (nSPS) is 13.1. The molecular weight excluding hydrogens is 552 g/mol. The van der Waals surface area contributed by atoms with E-state index in [4.69, 9.17) is 27.9 Å². The molecule has 4 rings (SSSR count). The number of para-hydroxylation sites is 1. The highest BCUT2D eigenvalue weighted by Crippen LogP contribution is 2.26. The van der Waals surface area contributed by atoms with Crippen molar-refractivity contribution in [2.45, 2.75) is 32.3 Å². The van der Waals surface area contributed by atoms with Crippen molar-refractivity contribution in [3.05, 3.63) is 80.7 Å². The lowest BCUT2D eigenvalue weighted by Crippen LogP contribution is -2.35. The SMILES string of the molecule is CCOC(=O)c1nc(Cn2nc(-c3ccc(Cl)cc3)n(C(F)[C@H](O)C(F)F)c2=O)nn1-c1ccccc1Cl. The fourth-order valence-electron chi connectivity index (χ4n) is 3.49. The van der Waals surface area contributed by atoms with Gasteiger partial charge in [0.2, 0.25) is 12.1 Å². The van der Waals surface area contributed by atoms with E-state index in [2.05, 4.69) is 15.2 Å². The Morgan fingerprint density at radius 2 is 1.76 bits per heavy atom. The minimum atomic E-state index is -3.47. The first-order valence-electron chi connectivity index (χ1n) is 11.1. The van der Waals surface area contributed by atoms with Crippen molar-refractivity contribution in [3.63, 3.8) is 0 Å². The molecule has 0 aliphatic rings. The van der Waals surface area contributed by atoms with E-state index >= 15 is 0 Å². The molecule has 1 unspecified atom stereocenters. The fraction of sp³-hybridized carbons (Fsp3) is 0.261. The minimum absolute atomic E-state index is 0.0439. The third kappa shape index (κ3) is 5.44. The van der Waals surface area contributed by atoms with Crippen LogP contribution in [-0.4, -0.2) is 59.3 Å². The lowest BCUT2D eigenvalue weighted by Gasteiger charge is -2.16. The van der Waals surface area contributed by atoms with Crippen molar-refractivity contribution in [2.24, 2.45) is 0 Å². The van der Waals surface area contributed by atoms with Crippen LogP contribution in [0.5, 0.6) is 0 Å². The summed E-state index contributed by atoms with van der Waals surface area (Å²) in [5.41, 5.74) is -0.718. The molecule has 10 nitrogen and oxygen atoms in total. The van der Waals surface area contributed by atoms with Gasteiger partial charge in [0, 0.05) is 10.6 Å². The molecule has 15 heteroatoms. The third-order valence-corrected chi connectivity index (χ3v) is 5.81. The molecule has 1 N–H and O–H groups in total. The number of hydrogen-bond donors (Lipinski definition) is 1. The van der Waals surface area contributed by atoms with Crippen molar-refractivity contribution >= 4 is 29.2 Å². The van der Waals surface area contributed by atoms with Gasteiger partial charge in [0.15, 0.2) is 17.8 Å². The summed E-state index contributed by atoms with van der Waals surface area (Å²) in [5, 5.41) is 18.5. The Morgan fingerprint density at radius 3 is 2.39 bits per heavy atom. The number of aromatic nitrogens is 6. The molecule has 0 saturated heterocycles. The number of alkyl halides is 3. The average molecular weight is 571 g/mol. The first-order chi connectivity index (χ1) is 18.1. The molecule has 2 heterocycles. The van der Waals surface area contributed by atoms with E-state index in [1.807, 2.05) is 0 Å². The van der Waals surface area contributed by atoms with Crippen LogP contribution >= 0.6 is 23.2 Å². The zero-order valence-electron chi connectivity index (χ0n) is 19.5. The van der Waals surface area contributed by atoms with Crippen molar-refractivity contribution in [3.8, 4) is 17.1 Å². The molecular formula is C23H19Cl2F3N6O4. The van der Waals surface area contributed by atoms with Gasteiger partial charge in [-0.3, -0.25) is 0 Å². The van der Waals surface area contributed by atoms with Crippen LogP contribution in [0, 0.1) is 0 Å². The molecule has 0 radical (unpaired) electrons. The molecule has 2 atom stereocenters. The van der Waals surface area contributed by atoms with E-state index in [0.717, 1.165) is 9.36 Å². The standard InChI is InChI=1S/C23H19Cl2F3N6O4/c1-2-38-22(36)21-29-16(30-34(21)15-6-4-3-5-14(15)25)11-32-23(37)33(19(28)17(35)18(26)27)20(31-32)12-7-9-13(24)10-8-12/h3-10,17-19,35H,2,11H2,1H3/t17-,19?/m1/s1. The van der Waals surface area contributed by atoms with Gasteiger partial charge in [0.1, 0.15) is 6.54 Å². The van der Waals surface area contributed by atoms with Crippen LogP contribution in [0.4, 0.5) is 13.2 Å². The number of aliphatic hydroxyl groups is 1. The average Bonchev–Trinajstić information content (AvgIpc) is 3.45. The Balaban J connectivity index is 1.82. The molecule has 0 bridgehead atoms. The maximum Gasteiger partial charge on any atom is 0.376 e. The number of halogens is 5. The highest BCUT2D eigenvalue weighted by Gasteiger charge is 2.34. The van der Waals surface area contributed by atoms with Crippen LogP contribution in [0.1, 0.15) is 29.7 Å². The summed E-state index contributed by atoms with van der Waals surface area (Å²) in [6.07, 6.45) is -9.10. The van der Waals surface area contributed by atoms with Crippen LogP contribution in [0.15, 0.2) is 53.3 Å². The largest absolute Gasteiger partial charge is 0.460 e. The molecule has 0 aliphatic carbocycles. The first-order valence-corrected chi connectivity index (χ1v) is 11.8. The van der Waals surface area contributed by atoms with Gasteiger partial charge in [0.25, 0.3) is 6.43 Å². The number of carbonyl (C=O) groups excluding carboxylic acids is 1. The molecule has 0 saturated carbocycles. The molecule has 0 spiro atoms. The maximum absolute atomic E-state index is 15.0. The van der Waals surface area contributed by atoms with Crippen molar-refractivity contribution < 1.29 is 27.8 Å². The van der Waals surface area contributed by atoms with E-state index < -0.39 is 37.0 Å². The van der Waals surface area contributed by atoms with Crippen molar-refractivity contribution in [1.29, 1.82) is 0 Å². The number of aliphatic hydroxyl groups excluding tert-OH is 1. The van der Waals surface area contributed by atoms with E-state index in [1.165, 1.54) is 24.3 Å². The fourth-order valence-corrected chi connectivity index (χ4v) is 3.83. The van der Waals surface area contributed by atoms with Crippen LogP contribution in [0.2, 0.25) is 10.0 Å². The number of rotatable bonds is 9. The highest BCUT2D eigenvalue weighted by molar-refractivity contribution is 6.32. The zero-order valence-corrected chi connectivity index (χ0v) is 21.0. The molecule has 4 aromatic rings. The quantitative estimate of drug-likeness (QED) is 0.303. The Hall–Kier alpha value is -3.68. The van der Waals surface area contributed by atoms with Crippen LogP contribution in [0.3, 0.4) is 0 Å². The van der Waals surface area contributed by atoms with Crippen LogP contribution < -0.4 is 5.69 Å². The minimum Gasteiger partial charge on any atom is -0.460 e. The van der Waals surface area contributed by atoms with Crippen LogP contribution in [-0.2, 0) is 11.3 Å². The molecule has 0 amide bonds. The Bertz CT molecular complexity index is 1510. The second-order valence-electron chi connectivity index (χ2n) is 7.77. The molecule has 0 fully saturated rings.